The quantitative estimate of drug-likeness (QED) is 0.754. The van der Waals surface area contributed by atoms with Gasteiger partial charge in [0.05, 0.1) is 11.8 Å². The highest BCUT2D eigenvalue weighted by Gasteiger charge is 2.54. The molecule has 1 aromatic heterocycles. The number of Topliss-reactive ketones (excluding diaryl/α,β-unsaturated/α-hetero) is 1. The predicted molar refractivity (Wildman–Crippen MR) is 46.2 cm³/mol. The Morgan fingerprint density at radius 3 is 2.40 bits per heavy atom. The van der Waals surface area contributed by atoms with Crippen LogP contribution in [0, 0.1) is 0 Å². The minimum absolute atomic E-state index is 0.153. The number of alkyl halides is 3. The Morgan fingerprint density at radius 2 is 2.07 bits per heavy atom. The standard InChI is InChI=1S/C8H10F3N3O/c1-7(12,8(9,10)11)6(15)5-3-13-14(2)4-5/h3-4H,12H2,1-2H3. The van der Waals surface area contributed by atoms with Gasteiger partial charge in [0.1, 0.15) is 0 Å². The topological polar surface area (TPSA) is 60.9 Å². The van der Waals surface area contributed by atoms with Gasteiger partial charge in [-0.2, -0.15) is 18.3 Å². The zero-order valence-corrected chi connectivity index (χ0v) is 8.17. The Bertz CT molecular complexity index is 381. The summed E-state index contributed by atoms with van der Waals surface area (Å²) in [5.74, 6) is -1.19. The molecule has 15 heavy (non-hydrogen) atoms. The van der Waals surface area contributed by atoms with Crippen LogP contribution in [0.25, 0.3) is 0 Å². The van der Waals surface area contributed by atoms with Gasteiger partial charge in [0.15, 0.2) is 11.3 Å². The average Bonchev–Trinajstić information content (AvgIpc) is 2.48. The smallest absolute Gasteiger partial charge is 0.311 e. The van der Waals surface area contributed by atoms with Crippen molar-refractivity contribution in [2.24, 2.45) is 12.8 Å². The number of aromatic nitrogens is 2. The molecule has 0 aromatic carbocycles. The average molecular weight is 221 g/mol. The number of ketones is 1. The molecular weight excluding hydrogens is 211 g/mol. The van der Waals surface area contributed by atoms with E-state index in [0.29, 0.717) is 6.92 Å². The van der Waals surface area contributed by atoms with Gasteiger partial charge in [-0.1, -0.05) is 0 Å². The highest BCUT2D eigenvalue weighted by Crippen LogP contribution is 2.30. The van der Waals surface area contributed by atoms with Crippen molar-refractivity contribution in [3.63, 3.8) is 0 Å². The molecule has 0 fully saturated rings. The third-order valence-corrected chi connectivity index (χ3v) is 2.03. The second kappa shape index (κ2) is 3.34. The van der Waals surface area contributed by atoms with Crippen LogP contribution in [0.3, 0.4) is 0 Å². The fourth-order valence-corrected chi connectivity index (χ4v) is 0.967. The van der Waals surface area contributed by atoms with Crippen molar-refractivity contribution >= 4 is 5.78 Å². The Hall–Kier alpha value is -1.37. The minimum atomic E-state index is -4.78. The SMILES string of the molecule is Cn1cc(C(=O)C(C)(N)C(F)(F)F)cn1. The first-order valence-corrected chi connectivity index (χ1v) is 4.05. The van der Waals surface area contributed by atoms with Gasteiger partial charge >= 0.3 is 6.18 Å². The van der Waals surface area contributed by atoms with E-state index >= 15 is 0 Å². The number of carbonyl (C=O) groups is 1. The van der Waals surface area contributed by atoms with Crippen LogP contribution in [0.1, 0.15) is 17.3 Å². The first-order valence-electron chi connectivity index (χ1n) is 4.05. The van der Waals surface area contributed by atoms with E-state index in [1.807, 2.05) is 0 Å². The summed E-state index contributed by atoms with van der Waals surface area (Å²) in [6.45, 7) is 0.641. The molecule has 0 saturated heterocycles. The summed E-state index contributed by atoms with van der Waals surface area (Å²) >= 11 is 0. The lowest BCUT2D eigenvalue weighted by molar-refractivity contribution is -0.165. The fraction of sp³-hybridized carbons (Fsp3) is 0.500. The summed E-state index contributed by atoms with van der Waals surface area (Å²) in [5, 5.41) is 3.61. The molecule has 1 heterocycles. The highest BCUT2D eigenvalue weighted by atomic mass is 19.4. The summed E-state index contributed by atoms with van der Waals surface area (Å²) in [6.07, 6.45) is -2.53. The van der Waals surface area contributed by atoms with Gasteiger partial charge in [-0.05, 0) is 6.92 Å². The molecule has 1 atom stereocenters. The number of carbonyl (C=O) groups excluding carboxylic acids is 1. The first-order chi connectivity index (χ1) is 6.66. The molecule has 1 rings (SSSR count). The lowest BCUT2D eigenvalue weighted by atomic mass is 9.93. The number of rotatable bonds is 2. The molecular formula is C8H10F3N3O. The predicted octanol–water partition coefficient (Wildman–Crippen LogP) is 0.883. The van der Waals surface area contributed by atoms with Gasteiger partial charge in [-0.3, -0.25) is 9.48 Å². The van der Waals surface area contributed by atoms with E-state index < -0.39 is 17.5 Å². The van der Waals surface area contributed by atoms with Crippen molar-refractivity contribution in [2.75, 3.05) is 0 Å². The molecule has 0 bridgehead atoms. The fourth-order valence-electron chi connectivity index (χ4n) is 0.967. The van der Waals surface area contributed by atoms with E-state index in [1.54, 1.807) is 0 Å². The molecule has 0 aliphatic rings. The molecule has 1 aromatic rings. The molecule has 4 nitrogen and oxygen atoms in total. The van der Waals surface area contributed by atoms with Crippen molar-refractivity contribution in [2.45, 2.75) is 18.6 Å². The van der Waals surface area contributed by atoms with E-state index in [2.05, 4.69) is 5.10 Å². The van der Waals surface area contributed by atoms with Gasteiger partial charge in [0.2, 0.25) is 0 Å². The van der Waals surface area contributed by atoms with Gasteiger partial charge in [0, 0.05) is 13.2 Å². The number of nitrogens with zero attached hydrogens (tertiary/aromatic N) is 2. The summed E-state index contributed by atoms with van der Waals surface area (Å²) in [5.41, 5.74) is 1.94. The van der Waals surface area contributed by atoms with E-state index in [0.717, 1.165) is 6.20 Å². The maximum absolute atomic E-state index is 12.4. The Labute approximate surface area is 83.9 Å². The lowest BCUT2D eigenvalue weighted by Gasteiger charge is -2.25. The third-order valence-electron chi connectivity index (χ3n) is 2.03. The first kappa shape index (κ1) is 11.7. The van der Waals surface area contributed by atoms with E-state index in [1.165, 1.54) is 17.9 Å². The van der Waals surface area contributed by atoms with Gasteiger partial charge in [-0.15, -0.1) is 0 Å². The number of halogens is 3. The van der Waals surface area contributed by atoms with Crippen molar-refractivity contribution in [1.82, 2.24) is 9.78 Å². The van der Waals surface area contributed by atoms with Crippen molar-refractivity contribution in [3.8, 4) is 0 Å². The molecule has 0 aliphatic heterocycles. The van der Waals surface area contributed by atoms with Gasteiger partial charge in [0.25, 0.3) is 0 Å². The second-order valence-electron chi connectivity index (χ2n) is 3.43. The van der Waals surface area contributed by atoms with Crippen LogP contribution in [-0.2, 0) is 7.05 Å². The molecule has 2 N–H and O–H groups in total. The van der Waals surface area contributed by atoms with Crippen LogP contribution in [0.4, 0.5) is 13.2 Å². The van der Waals surface area contributed by atoms with Crippen LogP contribution < -0.4 is 5.73 Å². The molecule has 0 spiro atoms. The molecule has 0 saturated carbocycles. The number of aryl methyl sites for hydroxylation is 1. The zero-order chi connectivity index (χ0) is 11.9. The molecule has 7 heteroatoms. The Kier molecular flexibility index (Phi) is 2.60. The molecule has 0 amide bonds. The normalized spacial score (nSPS) is 16.1. The van der Waals surface area contributed by atoms with Gasteiger partial charge in [-0.25, -0.2) is 0 Å². The molecule has 0 aliphatic carbocycles. The van der Waals surface area contributed by atoms with E-state index in [4.69, 9.17) is 5.73 Å². The maximum atomic E-state index is 12.4. The largest absolute Gasteiger partial charge is 0.413 e. The number of hydrogen-bond donors (Lipinski definition) is 1. The van der Waals surface area contributed by atoms with Gasteiger partial charge < -0.3 is 5.73 Å². The van der Waals surface area contributed by atoms with E-state index in [9.17, 15) is 18.0 Å². The zero-order valence-electron chi connectivity index (χ0n) is 8.17. The highest BCUT2D eigenvalue weighted by molar-refractivity contribution is 6.03. The summed E-state index contributed by atoms with van der Waals surface area (Å²) < 4.78 is 38.4. The molecule has 84 valence electrons. The maximum Gasteiger partial charge on any atom is 0.413 e. The van der Waals surface area contributed by atoms with Crippen molar-refractivity contribution in [3.05, 3.63) is 18.0 Å². The third kappa shape index (κ3) is 2.01. The summed E-state index contributed by atoms with van der Waals surface area (Å²) in [6, 6.07) is 0. The summed E-state index contributed by atoms with van der Waals surface area (Å²) in [4.78, 5) is 11.4. The molecule has 0 radical (unpaired) electrons. The van der Waals surface area contributed by atoms with Crippen molar-refractivity contribution < 1.29 is 18.0 Å². The van der Waals surface area contributed by atoms with Crippen LogP contribution in [-0.4, -0.2) is 27.3 Å². The Balaban J connectivity index is 3.05. The lowest BCUT2D eigenvalue weighted by Crippen LogP contribution is -2.57. The van der Waals surface area contributed by atoms with Crippen LogP contribution in [0.15, 0.2) is 12.4 Å². The second-order valence-corrected chi connectivity index (χ2v) is 3.43. The molecule has 1 unspecified atom stereocenters. The Morgan fingerprint density at radius 1 is 1.53 bits per heavy atom. The summed E-state index contributed by atoms with van der Waals surface area (Å²) in [7, 11) is 1.50. The van der Waals surface area contributed by atoms with E-state index in [-0.39, 0.29) is 5.56 Å². The van der Waals surface area contributed by atoms with Crippen LogP contribution in [0.5, 0.6) is 0 Å². The number of hydrogen-bond acceptors (Lipinski definition) is 3. The van der Waals surface area contributed by atoms with Crippen molar-refractivity contribution in [1.29, 1.82) is 0 Å². The van der Waals surface area contributed by atoms with Crippen LogP contribution >= 0.6 is 0 Å². The number of nitrogens with two attached hydrogens (primary N) is 1. The minimum Gasteiger partial charge on any atom is -0.311 e. The monoisotopic (exact) mass is 221 g/mol. The van der Waals surface area contributed by atoms with Crippen LogP contribution in [0.2, 0.25) is 0 Å².